The standard InChI is InChI=1S/C21H28N4O/c1-16-13-17(2)25(23-16)14-18-3-5-19(6-4-18)20(26)24-11-8-21(9-12-24)7-10-22-15-21/h3-6,13,22H,7-12,14-15H2,1-2H3. The molecule has 1 spiro atoms. The number of nitrogens with zero attached hydrogens (tertiary/aromatic N) is 3. The van der Waals surface area contributed by atoms with Crippen LogP contribution in [0, 0.1) is 19.3 Å². The third kappa shape index (κ3) is 3.40. The van der Waals surface area contributed by atoms with Crippen LogP contribution in [0.4, 0.5) is 0 Å². The molecule has 2 aliphatic heterocycles. The van der Waals surface area contributed by atoms with Gasteiger partial charge in [-0.05, 0) is 68.8 Å². The van der Waals surface area contributed by atoms with E-state index in [1.165, 1.54) is 12.0 Å². The van der Waals surface area contributed by atoms with E-state index in [4.69, 9.17) is 0 Å². The van der Waals surface area contributed by atoms with Crippen molar-refractivity contribution in [3.8, 4) is 0 Å². The molecular weight excluding hydrogens is 324 g/mol. The molecule has 1 amide bonds. The summed E-state index contributed by atoms with van der Waals surface area (Å²) < 4.78 is 2.01. The number of benzene rings is 1. The van der Waals surface area contributed by atoms with E-state index >= 15 is 0 Å². The molecule has 1 N–H and O–H groups in total. The first-order chi connectivity index (χ1) is 12.5. The van der Waals surface area contributed by atoms with Gasteiger partial charge in [-0.3, -0.25) is 9.48 Å². The Kier molecular flexibility index (Phi) is 4.57. The summed E-state index contributed by atoms with van der Waals surface area (Å²) in [6.45, 7) is 8.84. The molecule has 5 nitrogen and oxygen atoms in total. The highest BCUT2D eigenvalue weighted by Crippen LogP contribution is 2.37. The maximum atomic E-state index is 12.8. The van der Waals surface area contributed by atoms with Crippen molar-refractivity contribution < 1.29 is 4.79 Å². The Bertz CT molecular complexity index is 777. The van der Waals surface area contributed by atoms with E-state index in [0.29, 0.717) is 5.41 Å². The van der Waals surface area contributed by atoms with Crippen molar-refractivity contribution in [1.29, 1.82) is 0 Å². The first-order valence-electron chi connectivity index (χ1n) is 9.65. The van der Waals surface area contributed by atoms with Gasteiger partial charge >= 0.3 is 0 Å². The molecule has 2 aromatic rings. The van der Waals surface area contributed by atoms with Crippen molar-refractivity contribution in [2.75, 3.05) is 26.2 Å². The molecule has 138 valence electrons. The summed E-state index contributed by atoms with van der Waals surface area (Å²) in [5.74, 6) is 0.170. The lowest BCUT2D eigenvalue weighted by Gasteiger charge is -2.38. The highest BCUT2D eigenvalue weighted by molar-refractivity contribution is 5.94. The Morgan fingerprint density at radius 3 is 2.46 bits per heavy atom. The highest BCUT2D eigenvalue weighted by Gasteiger charge is 2.38. The van der Waals surface area contributed by atoms with Crippen LogP contribution in [0.15, 0.2) is 30.3 Å². The summed E-state index contributed by atoms with van der Waals surface area (Å²) in [4.78, 5) is 14.9. The minimum atomic E-state index is 0.170. The normalized spacial score (nSPS) is 19.2. The zero-order chi connectivity index (χ0) is 18.1. The predicted octanol–water partition coefficient (Wildman–Crippen LogP) is 2.76. The molecule has 2 fully saturated rings. The lowest BCUT2D eigenvalue weighted by molar-refractivity contribution is 0.0607. The molecule has 2 saturated heterocycles. The highest BCUT2D eigenvalue weighted by atomic mass is 16.2. The largest absolute Gasteiger partial charge is 0.339 e. The van der Waals surface area contributed by atoms with Gasteiger partial charge in [0.05, 0.1) is 12.2 Å². The number of hydrogen-bond donors (Lipinski definition) is 1. The van der Waals surface area contributed by atoms with Gasteiger partial charge in [0, 0.05) is 30.9 Å². The van der Waals surface area contributed by atoms with E-state index in [9.17, 15) is 4.79 Å². The first-order valence-corrected chi connectivity index (χ1v) is 9.65. The monoisotopic (exact) mass is 352 g/mol. The first kappa shape index (κ1) is 17.3. The summed E-state index contributed by atoms with van der Waals surface area (Å²) in [5.41, 5.74) is 4.60. The van der Waals surface area contributed by atoms with Gasteiger partial charge in [-0.2, -0.15) is 5.10 Å². The van der Waals surface area contributed by atoms with E-state index in [0.717, 1.165) is 62.5 Å². The summed E-state index contributed by atoms with van der Waals surface area (Å²) in [6.07, 6.45) is 3.51. The molecule has 0 aliphatic carbocycles. The minimum Gasteiger partial charge on any atom is -0.339 e. The predicted molar refractivity (Wildman–Crippen MR) is 102 cm³/mol. The molecule has 4 rings (SSSR count). The molecule has 1 aromatic heterocycles. The lowest BCUT2D eigenvalue weighted by Crippen LogP contribution is -2.44. The van der Waals surface area contributed by atoms with Crippen LogP contribution in [-0.4, -0.2) is 46.8 Å². The number of piperidine rings is 1. The van der Waals surface area contributed by atoms with Gasteiger partial charge in [-0.15, -0.1) is 0 Å². The second-order valence-electron chi connectivity index (χ2n) is 8.00. The van der Waals surface area contributed by atoms with Crippen molar-refractivity contribution in [2.45, 2.75) is 39.7 Å². The minimum absolute atomic E-state index is 0.170. The van der Waals surface area contributed by atoms with Crippen LogP contribution in [-0.2, 0) is 6.54 Å². The van der Waals surface area contributed by atoms with Crippen LogP contribution < -0.4 is 5.32 Å². The molecular formula is C21H28N4O. The van der Waals surface area contributed by atoms with Crippen molar-refractivity contribution in [3.05, 3.63) is 52.8 Å². The third-order valence-corrected chi connectivity index (χ3v) is 6.08. The van der Waals surface area contributed by atoms with E-state index in [2.05, 4.69) is 35.5 Å². The van der Waals surface area contributed by atoms with Gasteiger partial charge in [0.25, 0.3) is 5.91 Å². The van der Waals surface area contributed by atoms with Crippen molar-refractivity contribution in [2.24, 2.45) is 5.41 Å². The number of carbonyl (C=O) groups excluding carboxylic acids is 1. The van der Waals surface area contributed by atoms with Crippen molar-refractivity contribution in [3.63, 3.8) is 0 Å². The van der Waals surface area contributed by atoms with Crippen LogP contribution in [0.5, 0.6) is 0 Å². The number of likely N-dealkylation sites (tertiary alicyclic amines) is 1. The number of aryl methyl sites for hydroxylation is 2. The number of aromatic nitrogens is 2. The Labute approximate surface area is 155 Å². The molecule has 1 aromatic carbocycles. The molecule has 0 atom stereocenters. The van der Waals surface area contributed by atoms with E-state index in [1.54, 1.807) is 0 Å². The van der Waals surface area contributed by atoms with Crippen LogP contribution in [0.2, 0.25) is 0 Å². The number of hydrogen-bond acceptors (Lipinski definition) is 3. The average molecular weight is 352 g/mol. The topological polar surface area (TPSA) is 50.2 Å². The van der Waals surface area contributed by atoms with Crippen molar-refractivity contribution in [1.82, 2.24) is 20.0 Å². The Morgan fingerprint density at radius 2 is 1.88 bits per heavy atom. The Morgan fingerprint density at radius 1 is 1.15 bits per heavy atom. The van der Waals surface area contributed by atoms with Crippen molar-refractivity contribution >= 4 is 5.91 Å². The SMILES string of the molecule is Cc1cc(C)n(Cc2ccc(C(=O)N3CCC4(CCNC4)CC3)cc2)n1. The quantitative estimate of drug-likeness (QED) is 0.924. The number of amides is 1. The van der Waals surface area contributed by atoms with Crippen LogP contribution in [0.3, 0.4) is 0 Å². The van der Waals surface area contributed by atoms with Crippen LogP contribution in [0.25, 0.3) is 0 Å². The fourth-order valence-corrected chi connectivity index (χ4v) is 4.35. The third-order valence-electron chi connectivity index (χ3n) is 6.08. The second-order valence-corrected chi connectivity index (χ2v) is 8.00. The fourth-order valence-electron chi connectivity index (χ4n) is 4.35. The molecule has 5 heteroatoms. The number of carbonyl (C=O) groups is 1. The van der Waals surface area contributed by atoms with E-state index in [1.807, 2.05) is 28.6 Å². The Hall–Kier alpha value is -2.14. The lowest BCUT2D eigenvalue weighted by atomic mass is 9.78. The van der Waals surface area contributed by atoms with Gasteiger partial charge in [-0.25, -0.2) is 0 Å². The molecule has 2 aliphatic rings. The van der Waals surface area contributed by atoms with Gasteiger partial charge < -0.3 is 10.2 Å². The van der Waals surface area contributed by atoms with Gasteiger partial charge in [0.2, 0.25) is 0 Å². The molecule has 0 unspecified atom stereocenters. The van der Waals surface area contributed by atoms with Crippen LogP contribution in [0.1, 0.15) is 46.6 Å². The van der Waals surface area contributed by atoms with Crippen LogP contribution >= 0.6 is 0 Å². The van der Waals surface area contributed by atoms with E-state index < -0.39 is 0 Å². The summed E-state index contributed by atoms with van der Waals surface area (Å²) in [6, 6.07) is 10.1. The molecule has 3 heterocycles. The van der Waals surface area contributed by atoms with Gasteiger partial charge in [0.15, 0.2) is 0 Å². The van der Waals surface area contributed by atoms with Gasteiger partial charge in [-0.1, -0.05) is 12.1 Å². The second kappa shape index (κ2) is 6.88. The molecule has 0 saturated carbocycles. The average Bonchev–Trinajstić information content (AvgIpc) is 3.22. The molecule has 0 bridgehead atoms. The number of rotatable bonds is 3. The van der Waals surface area contributed by atoms with Gasteiger partial charge in [0.1, 0.15) is 0 Å². The summed E-state index contributed by atoms with van der Waals surface area (Å²) in [7, 11) is 0. The zero-order valence-electron chi connectivity index (χ0n) is 15.8. The maximum absolute atomic E-state index is 12.8. The fraction of sp³-hybridized carbons (Fsp3) is 0.524. The maximum Gasteiger partial charge on any atom is 0.253 e. The van der Waals surface area contributed by atoms with E-state index in [-0.39, 0.29) is 5.91 Å². The molecule has 26 heavy (non-hydrogen) atoms. The smallest absolute Gasteiger partial charge is 0.253 e. The number of nitrogens with one attached hydrogen (secondary N) is 1. The molecule has 0 radical (unpaired) electrons. The summed E-state index contributed by atoms with van der Waals surface area (Å²) >= 11 is 0. The zero-order valence-corrected chi connectivity index (χ0v) is 15.8. The Balaban J connectivity index is 1.39. The summed E-state index contributed by atoms with van der Waals surface area (Å²) in [5, 5.41) is 7.99.